The van der Waals surface area contributed by atoms with E-state index in [-0.39, 0.29) is 6.54 Å². The van der Waals surface area contributed by atoms with Crippen molar-refractivity contribution in [3.63, 3.8) is 0 Å². The molecule has 1 N–H and O–H groups in total. The molecule has 1 aliphatic heterocycles. The largest absolute Gasteiger partial charge is 0.453 e. The number of carbonyl (C=O) groups excluding carboxylic acids is 3. The van der Waals surface area contributed by atoms with E-state index in [0.29, 0.717) is 0 Å². The fraction of sp³-hybridized carbons (Fsp3) is 0.400. The van der Waals surface area contributed by atoms with E-state index in [1.165, 1.54) is 0 Å². The zero-order valence-electron chi connectivity index (χ0n) is 12.3. The fourth-order valence-corrected chi connectivity index (χ4v) is 2.33. The number of aliphatic hydroxyl groups is 1. The van der Waals surface area contributed by atoms with E-state index in [0.717, 1.165) is 24.3 Å². The van der Waals surface area contributed by atoms with Crippen molar-refractivity contribution >= 4 is 17.8 Å². The first-order valence-electron chi connectivity index (χ1n) is 6.77. The lowest BCUT2D eigenvalue weighted by molar-refractivity contribution is -0.170. The van der Waals surface area contributed by atoms with Crippen LogP contribution >= 0.6 is 0 Å². The Labute approximate surface area is 127 Å². The van der Waals surface area contributed by atoms with E-state index in [1.807, 2.05) is 6.07 Å². The summed E-state index contributed by atoms with van der Waals surface area (Å²) in [6.45, 7) is 2.42. The second-order valence-corrected chi connectivity index (χ2v) is 4.97. The van der Waals surface area contributed by atoms with Crippen LogP contribution in [0, 0.1) is 0 Å². The predicted molar refractivity (Wildman–Crippen MR) is 74.1 cm³/mol. The van der Waals surface area contributed by atoms with Crippen LogP contribution in [0.3, 0.4) is 0 Å². The van der Waals surface area contributed by atoms with Gasteiger partial charge in [-0.25, -0.2) is 0 Å². The summed E-state index contributed by atoms with van der Waals surface area (Å²) in [6.07, 6.45) is -3.95. The zero-order chi connectivity index (χ0) is 16.3. The highest BCUT2D eigenvalue weighted by atomic mass is 16.6. The molecule has 22 heavy (non-hydrogen) atoms. The van der Waals surface area contributed by atoms with Crippen molar-refractivity contribution in [2.45, 2.75) is 38.8 Å². The lowest BCUT2D eigenvalue weighted by Crippen LogP contribution is -2.39. The Morgan fingerprint density at radius 2 is 1.73 bits per heavy atom. The van der Waals surface area contributed by atoms with Crippen LogP contribution in [0.25, 0.3) is 0 Å². The molecule has 1 saturated heterocycles. The number of nitrogens with zero attached hydrogens (tertiary/aromatic N) is 1. The molecule has 1 amide bonds. The predicted octanol–water partition coefficient (Wildman–Crippen LogP) is 0.211. The normalized spacial score (nSPS) is 24.2. The molecule has 1 aromatic carbocycles. The first-order chi connectivity index (χ1) is 10.4. The number of hydrogen-bond acceptors (Lipinski definition) is 6. The standard InChI is InChI=1S/C15H17NO6/c1-9(17)21-12-13(22-10(2)18)15(20)16(14(12)19)8-11-6-4-3-5-7-11/h3-7,12-14,19H,8H2,1-2H3/t12-,13+,14?/m1/s1. The Morgan fingerprint density at radius 1 is 1.14 bits per heavy atom. The Morgan fingerprint density at radius 3 is 2.27 bits per heavy atom. The molecule has 3 atom stereocenters. The Kier molecular flexibility index (Phi) is 4.77. The Balaban J connectivity index is 2.22. The fourth-order valence-electron chi connectivity index (χ4n) is 2.33. The van der Waals surface area contributed by atoms with Gasteiger partial charge in [0, 0.05) is 20.4 Å². The second-order valence-electron chi connectivity index (χ2n) is 4.97. The summed E-state index contributed by atoms with van der Waals surface area (Å²) < 4.78 is 9.85. The van der Waals surface area contributed by atoms with Crippen molar-refractivity contribution in [1.29, 1.82) is 0 Å². The van der Waals surface area contributed by atoms with Gasteiger partial charge >= 0.3 is 11.9 Å². The van der Waals surface area contributed by atoms with Gasteiger partial charge in [0.25, 0.3) is 5.91 Å². The van der Waals surface area contributed by atoms with E-state index >= 15 is 0 Å². The minimum absolute atomic E-state index is 0.121. The molecule has 7 heteroatoms. The molecular weight excluding hydrogens is 290 g/mol. The lowest BCUT2D eigenvalue weighted by Gasteiger charge is -2.22. The van der Waals surface area contributed by atoms with Crippen LogP contribution in [0.5, 0.6) is 0 Å². The monoisotopic (exact) mass is 307 g/mol. The molecule has 0 aromatic heterocycles. The maximum absolute atomic E-state index is 12.3. The molecule has 1 unspecified atom stereocenters. The van der Waals surface area contributed by atoms with Gasteiger partial charge < -0.3 is 19.5 Å². The number of ether oxygens (including phenoxy) is 2. The van der Waals surface area contributed by atoms with Crippen LogP contribution in [0.15, 0.2) is 30.3 Å². The van der Waals surface area contributed by atoms with Gasteiger partial charge in [0.2, 0.25) is 6.10 Å². The summed E-state index contributed by atoms with van der Waals surface area (Å²) in [7, 11) is 0. The summed E-state index contributed by atoms with van der Waals surface area (Å²) in [4.78, 5) is 35.7. The number of amides is 1. The number of aliphatic hydroxyl groups excluding tert-OH is 1. The number of rotatable bonds is 4. The molecule has 0 radical (unpaired) electrons. The maximum atomic E-state index is 12.3. The molecule has 118 valence electrons. The van der Waals surface area contributed by atoms with Crippen LogP contribution < -0.4 is 0 Å². The topological polar surface area (TPSA) is 93.1 Å². The molecule has 0 saturated carbocycles. The summed E-state index contributed by atoms with van der Waals surface area (Å²) in [5.74, 6) is -1.96. The molecule has 1 fully saturated rings. The Hall–Kier alpha value is -2.41. The van der Waals surface area contributed by atoms with Crippen LogP contribution in [-0.2, 0) is 30.4 Å². The van der Waals surface area contributed by atoms with Gasteiger partial charge in [-0.1, -0.05) is 30.3 Å². The van der Waals surface area contributed by atoms with Crippen molar-refractivity contribution in [3.05, 3.63) is 35.9 Å². The van der Waals surface area contributed by atoms with Crippen molar-refractivity contribution < 1.29 is 29.0 Å². The van der Waals surface area contributed by atoms with Gasteiger partial charge in [0.05, 0.1) is 0 Å². The van der Waals surface area contributed by atoms with Gasteiger partial charge in [0.15, 0.2) is 12.3 Å². The molecule has 0 bridgehead atoms. The highest BCUT2D eigenvalue weighted by Gasteiger charge is 2.51. The third kappa shape index (κ3) is 3.43. The van der Waals surface area contributed by atoms with E-state index in [9.17, 15) is 19.5 Å². The molecule has 0 aliphatic carbocycles. The average molecular weight is 307 g/mol. The summed E-state index contributed by atoms with van der Waals surface area (Å²) >= 11 is 0. The quantitative estimate of drug-likeness (QED) is 0.799. The minimum atomic E-state index is -1.37. The number of carbonyl (C=O) groups is 3. The van der Waals surface area contributed by atoms with E-state index in [2.05, 4.69) is 0 Å². The molecule has 1 heterocycles. The van der Waals surface area contributed by atoms with Gasteiger partial charge in [-0.15, -0.1) is 0 Å². The van der Waals surface area contributed by atoms with Gasteiger partial charge in [-0.3, -0.25) is 14.4 Å². The number of likely N-dealkylation sites (tertiary alicyclic amines) is 1. The van der Waals surface area contributed by atoms with Crippen LogP contribution in [0.1, 0.15) is 19.4 Å². The highest BCUT2D eigenvalue weighted by Crippen LogP contribution is 2.26. The number of esters is 2. The van der Waals surface area contributed by atoms with Gasteiger partial charge in [0.1, 0.15) is 0 Å². The smallest absolute Gasteiger partial charge is 0.303 e. The summed E-state index contributed by atoms with van der Waals surface area (Å²) in [5.41, 5.74) is 0.792. The minimum Gasteiger partial charge on any atom is -0.453 e. The van der Waals surface area contributed by atoms with Crippen LogP contribution in [0.2, 0.25) is 0 Å². The maximum Gasteiger partial charge on any atom is 0.303 e. The molecular formula is C15H17NO6. The molecule has 0 spiro atoms. The van der Waals surface area contributed by atoms with E-state index < -0.39 is 36.3 Å². The average Bonchev–Trinajstić information content (AvgIpc) is 2.65. The summed E-state index contributed by atoms with van der Waals surface area (Å²) in [6, 6.07) is 9.01. The number of hydrogen-bond donors (Lipinski definition) is 1. The van der Waals surface area contributed by atoms with E-state index in [4.69, 9.17) is 9.47 Å². The van der Waals surface area contributed by atoms with Crippen LogP contribution in [0.4, 0.5) is 0 Å². The lowest BCUT2D eigenvalue weighted by atomic mass is 10.2. The second kappa shape index (κ2) is 6.57. The zero-order valence-corrected chi connectivity index (χ0v) is 12.3. The highest BCUT2D eigenvalue weighted by molar-refractivity contribution is 5.87. The third-order valence-electron chi connectivity index (χ3n) is 3.23. The van der Waals surface area contributed by atoms with Crippen molar-refractivity contribution in [1.82, 2.24) is 4.90 Å². The molecule has 7 nitrogen and oxygen atoms in total. The van der Waals surface area contributed by atoms with E-state index in [1.54, 1.807) is 24.3 Å². The van der Waals surface area contributed by atoms with Crippen LogP contribution in [-0.4, -0.2) is 46.3 Å². The first kappa shape index (κ1) is 16.0. The van der Waals surface area contributed by atoms with Gasteiger partial charge in [-0.2, -0.15) is 0 Å². The van der Waals surface area contributed by atoms with Crippen molar-refractivity contribution in [2.24, 2.45) is 0 Å². The molecule has 1 aromatic rings. The first-order valence-corrected chi connectivity index (χ1v) is 6.77. The molecule has 2 rings (SSSR count). The SMILES string of the molecule is CC(=O)O[C@@H]1C(=O)N(Cc2ccccc2)C(O)[C@@H]1OC(C)=O. The number of benzene rings is 1. The van der Waals surface area contributed by atoms with Crippen molar-refractivity contribution in [2.75, 3.05) is 0 Å². The Bertz CT molecular complexity index is 573. The third-order valence-corrected chi connectivity index (χ3v) is 3.23. The van der Waals surface area contributed by atoms with Crippen molar-refractivity contribution in [3.8, 4) is 0 Å². The summed E-state index contributed by atoms with van der Waals surface area (Å²) in [5, 5.41) is 10.2. The molecule has 1 aliphatic rings. The van der Waals surface area contributed by atoms with Gasteiger partial charge in [-0.05, 0) is 5.56 Å².